The predicted octanol–water partition coefficient (Wildman–Crippen LogP) is 3.72. The number of hydrogen-bond acceptors (Lipinski definition) is 3. The summed E-state index contributed by atoms with van der Waals surface area (Å²) in [6, 6.07) is 17.5. The van der Waals surface area contributed by atoms with Crippen molar-refractivity contribution >= 4 is 28.9 Å². The number of H-pyrrole nitrogens is 1. The molecule has 1 amide bonds. The monoisotopic (exact) mass is 405 g/mol. The van der Waals surface area contributed by atoms with Crippen molar-refractivity contribution < 1.29 is 4.79 Å². The van der Waals surface area contributed by atoms with Gasteiger partial charge < -0.3 is 20.5 Å². The third kappa shape index (κ3) is 4.14. The van der Waals surface area contributed by atoms with Crippen molar-refractivity contribution in [3.63, 3.8) is 0 Å². The van der Waals surface area contributed by atoms with Crippen LogP contribution in [0.4, 0.5) is 5.69 Å². The van der Waals surface area contributed by atoms with Crippen molar-refractivity contribution in [3.05, 3.63) is 83.9 Å². The number of benzene rings is 1. The van der Waals surface area contributed by atoms with E-state index in [2.05, 4.69) is 25.5 Å². The standard InChI is InChI=1S/C22H23N5OS/c1-15-7-2-3-8-16(15)25-19(28)11-14-27-21(18-10-6-13-24-18)20(26-22(27)29)17-9-4-5-12-23-17/h2-10,12-13,20-21,24H,11,14H2,1H3,(H,25,28)(H,26,29)/t20-,21-/m0/s1. The van der Waals surface area contributed by atoms with E-state index >= 15 is 0 Å². The topological polar surface area (TPSA) is 73.1 Å². The lowest BCUT2D eigenvalue weighted by molar-refractivity contribution is -0.116. The molecule has 6 nitrogen and oxygen atoms in total. The number of aromatic nitrogens is 2. The van der Waals surface area contributed by atoms with Crippen LogP contribution in [0.1, 0.15) is 35.5 Å². The molecule has 3 aromatic rings. The van der Waals surface area contributed by atoms with Gasteiger partial charge in [0.25, 0.3) is 0 Å². The molecule has 0 aliphatic carbocycles. The summed E-state index contributed by atoms with van der Waals surface area (Å²) in [4.78, 5) is 22.4. The molecule has 4 rings (SSSR count). The number of aromatic amines is 1. The smallest absolute Gasteiger partial charge is 0.226 e. The molecule has 1 aliphatic heterocycles. The molecule has 148 valence electrons. The van der Waals surface area contributed by atoms with E-state index in [4.69, 9.17) is 12.2 Å². The van der Waals surface area contributed by atoms with E-state index in [0.717, 1.165) is 22.6 Å². The van der Waals surface area contributed by atoms with E-state index in [0.29, 0.717) is 18.1 Å². The van der Waals surface area contributed by atoms with E-state index in [1.807, 2.05) is 67.7 Å². The van der Waals surface area contributed by atoms with Gasteiger partial charge in [-0.15, -0.1) is 0 Å². The number of nitrogens with zero attached hydrogens (tertiary/aromatic N) is 2. The number of aryl methyl sites for hydroxylation is 1. The van der Waals surface area contributed by atoms with Gasteiger partial charge in [-0.2, -0.15) is 0 Å². The fraction of sp³-hybridized carbons (Fsp3) is 0.227. The lowest BCUT2D eigenvalue weighted by Gasteiger charge is -2.26. The van der Waals surface area contributed by atoms with Crippen LogP contribution in [0.25, 0.3) is 0 Å². The highest BCUT2D eigenvalue weighted by Crippen LogP contribution is 2.37. The highest BCUT2D eigenvalue weighted by atomic mass is 32.1. The Balaban J connectivity index is 1.50. The Morgan fingerprint density at radius 2 is 2.00 bits per heavy atom. The van der Waals surface area contributed by atoms with E-state index < -0.39 is 0 Å². The summed E-state index contributed by atoms with van der Waals surface area (Å²) in [6.45, 7) is 2.49. The average Bonchev–Trinajstić information content (AvgIpc) is 3.36. The van der Waals surface area contributed by atoms with Crippen molar-refractivity contribution in [3.8, 4) is 0 Å². The van der Waals surface area contributed by atoms with Gasteiger partial charge in [0.15, 0.2) is 5.11 Å². The third-order valence-corrected chi connectivity index (χ3v) is 5.49. The number of para-hydroxylation sites is 1. The maximum atomic E-state index is 12.6. The van der Waals surface area contributed by atoms with Gasteiger partial charge in [0.1, 0.15) is 0 Å². The quantitative estimate of drug-likeness (QED) is 0.545. The Hall–Kier alpha value is -3.19. The number of hydrogen-bond donors (Lipinski definition) is 3. The SMILES string of the molecule is Cc1ccccc1NC(=O)CCN1C(=S)N[C@@H](c2ccccn2)[C@@H]1c1ccc[nH]1. The number of thiocarbonyl (C=S) groups is 1. The molecule has 3 N–H and O–H groups in total. The summed E-state index contributed by atoms with van der Waals surface area (Å²) in [7, 11) is 0. The first-order chi connectivity index (χ1) is 14.1. The van der Waals surface area contributed by atoms with Crippen LogP contribution < -0.4 is 10.6 Å². The highest BCUT2D eigenvalue weighted by molar-refractivity contribution is 7.80. The van der Waals surface area contributed by atoms with E-state index in [9.17, 15) is 4.79 Å². The van der Waals surface area contributed by atoms with Crippen molar-refractivity contribution in [2.45, 2.75) is 25.4 Å². The summed E-state index contributed by atoms with van der Waals surface area (Å²) < 4.78 is 0. The molecule has 2 atom stereocenters. The molecule has 1 saturated heterocycles. The van der Waals surface area contributed by atoms with Crippen LogP contribution in [0.5, 0.6) is 0 Å². The minimum atomic E-state index is -0.0817. The first-order valence-electron chi connectivity index (χ1n) is 9.60. The van der Waals surface area contributed by atoms with Crippen molar-refractivity contribution in [1.29, 1.82) is 0 Å². The van der Waals surface area contributed by atoms with Crippen LogP contribution in [0, 0.1) is 6.92 Å². The Kier molecular flexibility index (Phi) is 5.57. The van der Waals surface area contributed by atoms with Gasteiger partial charge in [-0.25, -0.2) is 0 Å². The highest BCUT2D eigenvalue weighted by Gasteiger charge is 2.40. The Bertz CT molecular complexity index is 989. The molecule has 2 aromatic heterocycles. The Morgan fingerprint density at radius 1 is 1.17 bits per heavy atom. The van der Waals surface area contributed by atoms with Gasteiger partial charge >= 0.3 is 0 Å². The Labute approximate surface area is 175 Å². The maximum absolute atomic E-state index is 12.6. The number of carbonyl (C=O) groups excluding carboxylic acids is 1. The zero-order valence-corrected chi connectivity index (χ0v) is 16.9. The molecule has 1 aliphatic rings. The van der Waals surface area contributed by atoms with Crippen LogP contribution >= 0.6 is 12.2 Å². The summed E-state index contributed by atoms with van der Waals surface area (Å²) in [6.07, 6.45) is 4.02. The molecule has 7 heteroatoms. The van der Waals surface area contributed by atoms with Gasteiger partial charge in [0.05, 0.1) is 17.8 Å². The van der Waals surface area contributed by atoms with Gasteiger partial charge in [0, 0.05) is 36.7 Å². The maximum Gasteiger partial charge on any atom is 0.226 e. The molecule has 1 fully saturated rings. The number of anilines is 1. The van der Waals surface area contributed by atoms with Gasteiger partial charge in [-0.3, -0.25) is 9.78 Å². The number of pyridine rings is 1. The molecule has 0 unspecified atom stereocenters. The summed E-state index contributed by atoms with van der Waals surface area (Å²) in [5, 5.41) is 7.01. The molecule has 29 heavy (non-hydrogen) atoms. The molecular formula is C22H23N5OS. The first-order valence-corrected chi connectivity index (χ1v) is 10.0. The third-order valence-electron chi connectivity index (χ3n) is 5.14. The van der Waals surface area contributed by atoms with Crippen LogP contribution in [0.2, 0.25) is 0 Å². The molecule has 0 saturated carbocycles. The number of nitrogens with one attached hydrogen (secondary N) is 3. The second-order valence-corrected chi connectivity index (χ2v) is 7.45. The van der Waals surface area contributed by atoms with E-state index in [1.165, 1.54) is 0 Å². The lowest BCUT2D eigenvalue weighted by atomic mass is 10.0. The largest absolute Gasteiger partial charge is 0.363 e. The Morgan fingerprint density at radius 3 is 2.72 bits per heavy atom. The fourth-order valence-electron chi connectivity index (χ4n) is 3.66. The molecule has 0 spiro atoms. The van der Waals surface area contributed by atoms with Crippen molar-refractivity contribution in [1.82, 2.24) is 20.2 Å². The normalized spacial score (nSPS) is 18.5. The minimum absolute atomic E-state index is 0.0337. The average molecular weight is 406 g/mol. The van der Waals surface area contributed by atoms with Crippen molar-refractivity contribution in [2.75, 3.05) is 11.9 Å². The fourth-order valence-corrected chi connectivity index (χ4v) is 3.99. The molecule has 0 radical (unpaired) electrons. The van der Waals surface area contributed by atoms with Crippen LogP contribution in [0.3, 0.4) is 0 Å². The van der Waals surface area contributed by atoms with E-state index in [-0.39, 0.29) is 18.0 Å². The first kappa shape index (κ1) is 19.1. The zero-order valence-electron chi connectivity index (χ0n) is 16.1. The molecule has 3 heterocycles. The molecule has 1 aromatic carbocycles. The van der Waals surface area contributed by atoms with Crippen LogP contribution in [0.15, 0.2) is 67.0 Å². The molecular weight excluding hydrogens is 382 g/mol. The molecule has 0 bridgehead atoms. The second kappa shape index (κ2) is 8.45. The van der Waals surface area contributed by atoms with Gasteiger partial charge in [-0.05, 0) is 55.0 Å². The second-order valence-electron chi connectivity index (χ2n) is 7.06. The minimum Gasteiger partial charge on any atom is -0.363 e. The van der Waals surface area contributed by atoms with E-state index in [1.54, 1.807) is 6.20 Å². The van der Waals surface area contributed by atoms with Gasteiger partial charge in [0.2, 0.25) is 5.91 Å². The number of carbonyl (C=O) groups is 1. The zero-order chi connectivity index (χ0) is 20.2. The predicted molar refractivity (Wildman–Crippen MR) is 117 cm³/mol. The van der Waals surface area contributed by atoms with Crippen LogP contribution in [-0.4, -0.2) is 32.4 Å². The summed E-state index contributed by atoms with van der Waals surface area (Å²) in [5.41, 5.74) is 3.83. The van der Waals surface area contributed by atoms with Crippen molar-refractivity contribution in [2.24, 2.45) is 0 Å². The number of rotatable bonds is 6. The van der Waals surface area contributed by atoms with Crippen LogP contribution in [-0.2, 0) is 4.79 Å². The summed E-state index contributed by atoms with van der Waals surface area (Å²) in [5.74, 6) is -0.0337. The summed E-state index contributed by atoms with van der Waals surface area (Å²) >= 11 is 5.61. The van der Waals surface area contributed by atoms with Gasteiger partial charge in [-0.1, -0.05) is 24.3 Å². The lowest BCUT2D eigenvalue weighted by Crippen LogP contribution is -2.32. The number of amides is 1.